The van der Waals surface area contributed by atoms with Crippen LogP contribution in [0, 0.1) is 0 Å². The highest BCUT2D eigenvalue weighted by atomic mass is 16.5. The molecule has 0 aromatic heterocycles. The Hall–Kier alpha value is -1.75. The SMILES string of the molecule is COc1cccc2c1N(CC(=O)N1CCOC(C)C1)CCC2. The summed E-state index contributed by atoms with van der Waals surface area (Å²) in [5, 5.41) is 0. The monoisotopic (exact) mass is 304 g/mol. The van der Waals surface area contributed by atoms with Crippen molar-refractivity contribution >= 4 is 11.6 Å². The molecule has 2 heterocycles. The Bertz CT molecular complexity index is 532. The Balaban J connectivity index is 1.75. The first-order chi connectivity index (χ1) is 10.7. The lowest BCUT2D eigenvalue weighted by atomic mass is 10.0. The van der Waals surface area contributed by atoms with Gasteiger partial charge in [0.2, 0.25) is 5.91 Å². The summed E-state index contributed by atoms with van der Waals surface area (Å²) in [5.41, 5.74) is 2.36. The summed E-state index contributed by atoms with van der Waals surface area (Å²) in [6.07, 6.45) is 2.25. The molecule has 1 unspecified atom stereocenters. The lowest BCUT2D eigenvalue weighted by Gasteiger charge is -2.36. The van der Waals surface area contributed by atoms with Crippen molar-refractivity contribution < 1.29 is 14.3 Å². The van der Waals surface area contributed by atoms with E-state index >= 15 is 0 Å². The van der Waals surface area contributed by atoms with E-state index in [1.165, 1.54) is 5.56 Å². The standard InChI is InChI=1S/C17H24N2O3/c1-13-11-18(9-10-22-13)16(20)12-19-8-4-6-14-5-3-7-15(21-2)17(14)19/h3,5,7,13H,4,6,8-12H2,1-2H3. The highest BCUT2D eigenvalue weighted by Crippen LogP contribution is 2.35. The second-order valence-electron chi connectivity index (χ2n) is 6.01. The van der Waals surface area contributed by atoms with Crippen LogP contribution in [0.25, 0.3) is 0 Å². The van der Waals surface area contributed by atoms with E-state index in [9.17, 15) is 4.79 Å². The van der Waals surface area contributed by atoms with Crippen LogP contribution in [-0.4, -0.2) is 56.8 Å². The normalized spacial score (nSPS) is 21.5. The number of rotatable bonds is 3. The van der Waals surface area contributed by atoms with Gasteiger partial charge in [0.1, 0.15) is 5.75 Å². The molecule has 0 bridgehead atoms. The van der Waals surface area contributed by atoms with Crippen molar-refractivity contribution in [2.75, 3.05) is 44.8 Å². The summed E-state index contributed by atoms with van der Waals surface area (Å²) < 4.78 is 11.0. The van der Waals surface area contributed by atoms with Gasteiger partial charge in [-0.25, -0.2) is 0 Å². The Kier molecular flexibility index (Phi) is 4.52. The number of para-hydroxylation sites is 1. The number of methoxy groups -OCH3 is 1. The summed E-state index contributed by atoms with van der Waals surface area (Å²) in [5.74, 6) is 1.04. The van der Waals surface area contributed by atoms with Gasteiger partial charge in [-0.05, 0) is 31.4 Å². The summed E-state index contributed by atoms with van der Waals surface area (Å²) in [6.45, 7) is 5.34. The molecule has 0 spiro atoms. The van der Waals surface area contributed by atoms with Crippen LogP contribution < -0.4 is 9.64 Å². The van der Waals surface area contributed by atoms with Gasteiger partial charge < -0.3 is 19.3 Å². The molecule has 0 saturated carbocycles. The average Bonchev–Trinajstić information content (AvgIpc) is 2.54. The molecule has 1 amide bonds. The van der Waals surface area contributed by atoms with Crippen molar-refractivity contribution in [3.05, 3.63) is 23.8 Å². The van der Waals surface area contributed by atoms with Gasteiger partial charge in [-0.15, -0.1) is 0 Å². The van der Waals surface area contributed by atoms with Crippen molar-refractivity contribution in [1.29, 1.82) is 0 Å². The molecule has 1 atom stereocenters. The molecule has 2 aliphatic rings. The van der Waals surface area contributed by atoms with E-state index in [0.717, 1.165) is 30.8 Å². The second kappa shape index (κ2) is 6.57. The number of nitrogens with zero attached hydrogens (tertiary/aromatic N) is 2. The Labute approximate surface area is 131 Å². The number of morpholine rings is 1. The molecule has 5 heteroatoms. The molecule has 1 fully saturated rings. The van der Waals surface area contributed by atoms with Crippen molar-refractivity contribution in [1.82, 2.24) is 4.90 Å². The number of carbonyl (C=O) groups is 1. The van der Waals surface area contributed by atoms with Crippen LogP contribution >= 0.6 is 0 Å². The lowest BCUT2D eigenvalue weighted by molar-refractivity contribution is -0.136. The summed E-state index contributed by atoms with van der Waals surface area (Å²) in [7, 11) is 1.69. The van der Waals surface area contributed by atoms with E-state index in [1.807, 2.05) is 24.0 Å². The van der Waals surface area contributed by atoms with Gasteiger partial charge >= 0.3 is 0 Å². The van der Waals surface area contributed by atoms with Crippen LogP contribution in [0.1, 0.15) is 18.9 Å². The van der Waals surface area contributed by atoms with E-state index in [1.54, 1.807) is 7.11 Å². The van der Waals surface area contributed by atoms with E-state index in [2.05, 4.69) is 11.0 Å². The van der Waals surface area contributed by atoms with Gasteiger partial charge in [-0.1, -0.05) is 12.1 Å². The fourth-order valence-corrected chi connectivity index (χ4v) is 3.33. The molecule has 1 aromatic rings. The number of hydrogen-bond acceptors (Lipinski definition) is 4. The quantitative estimate of drug-likeness (QED) is 0.852. The fourth-order valence-electron chi connectivity index (χ4n) is 3.33. The maximum atomic E-state index is 12.6. The minimum absolute atomic E-state index is 0.126. The Morgan fingerprint density at radius 1 is 1.41 bits per heavy atom. The second-order valence-corrected chi connectivity index (χ2v) is 6.01. The predicted octanol–water partition coefficient (Wildman–Crippen LogP) is 1.70. The van der Waals surface area contributed by atoms with Crippen molar-refractivity contribution in [3.8, 4) is 5.75 Å². The van der Waals surface area contributed by atoms with Crippen molar-refractivity contribution in [3.63, 3.8) is 0 Å². The molecule has 0 N–H and O–H groups in total. The molecule has 1 aromatic carbocycles. The number of aryl methyl sites for hydroxylation is 1. The van der Waals surface area contributed by atoms with E-state index in [-0.39, 0.29) is 12.0 Å². The zero-order valence-corrected chi connectivity index (χ0v) is 13.4. The minimum atomic E-state index is 0.126. The Morgan fingerprint density at radius 3 is 3.05 bits per heavy atom. The maximum absolute atomic E-state index is 12.6. The first-order valence-corrected chi connectivity index (χ1v) is 7.99. The predicted molar refractivity (Wildman–Crippen MR) is 85.5 cm³/mol. The van der Waals surface area contributed by atoms with Crippen molar-refractivity contribution in [2.45, 2.75) is 25.9 Å². The molecule has 5 nitrogen and oxygen atoms in total. The van der Waals surface area contributed by atoms with Gasteiger partial charge in [-0.2, -0.15) is 0 Å². The van der Waals surface area contributed by atoms with Gasteiger partial charge in [0.05, 0.1) is 32.1 Å². The largest absolute Gasteiger partial charge is 0.495 e. The number of hydrogen-bond donors (Lipinski definition) is 0. The highest BCUT2D eigenvalue weighted by molar-refractivity contribution is 5.83. The summed E-state index contributed by atoms with van der Waals surface area (Å²) >= 11 is 0. The average molecular weight is 304 g/mol. The van der Waals surface area contributed by atoms with Crippen LogP contribution in [-0.2, 0) is 16.0 Å². The molecule has 0 aliphatic carbocycles. The van der Waals surface area contributed by atoms with Crippen LogP contribution in [0.15, 0.2) is 18.2 Å². The molecule has 22 heavy (non-hydrogen) atoms. The lowest BCUT2D eigenvalue weighted by Crippen LogP contribution is -2.49. The summed E-state index contributed by atoms with van der Waals surface area (Å²) in [6, 6.07) is 6.12. The number of amides is 1. The molecular formula is C17H24N2O3. The summed E-state index contributed by atoms with van der Waals surface area (Å²) in [4.78, 5) is 16.7. The topological polar surface area (TPSA) is 42.0 Å². The molecular weight excluding hydrogens is 280 g/mol. The first-order valence-electron chi connectivity index (χ1n) is 7.99. The minimum Gasteiger partial charge on any atom is -0.495 e. The number of benzene rings is 1. The maximum Gasteiger partial charge on any atom is 0.242 e. The molecule has 0 radical (unpaired) electrons. The van der Waals surface area contributed by atoms with Gasteiger partial charge in [-0.3, -0.25) is 4.79 Å². The number of fused-ring (bicyclic) bond motifs is 1. The van der Waals surface area contributed by atoms with Crippen LogP contribution in [0.5, 0.6) is 5.75 Å². The van der Waals surface area contributed by atoms with Gasteiger partial charge in [0, 0.05) is 19.6 Å². The third kappa shape index (κ3) is 3.04. The zero-order valence-electron chi connectivity index (χ0n) is 13.4. The fraction of sp³-hybridized carbons (Fsp3) is 0.588. The Morgan fingerprint density at radius 2 is 2.27 bits per heavy atom. The van der Waals surface area contributed by atoms with Crippen molar-refractivity contribution in [2.24, 2.45) is 0 Å². The first kappa shape index (κ1) is 15.2. The number of carbonyl (C=O) groups excluding carboxylic acids is 1. The van der Waals surface area contributed by atoms with Crippen LogP contribution in [0.3, 0.4) is 0 Å². The van der Waals surface area contributed by atoms with E-state index < -0.39 is 0 Å². The smallest absolute Gasteiger partial charge is 0.242 e. The third-order valence-electron chi connectivity index (χ3n) is 4.41. The van der Waals surface area contributed by atoms with Gasteiger partial charge in [0.15, 0.2) is 0 Å². The van der Waals surface area contributed by atoms with E-state index in [4.69, 9.17) is 9.47 Å². The highest BCUT2D eigenvalue weighted by Gasteiger charge is 2.26. The van der Waals surface area contributed by atoms with Gasteiger partial charge in [0.25, 0.3) is 0 Å². The molecule has 2 aliphatic heterocycles. The third-order valence-corrected chi connectivity index (χ3v) is 4.41. The molecule has 1 saturated heterocycles. The van der Waals surface area contributed by atoms with Crippen LogP contribution in [0.2, 0.25) is 0 Å². The zero-order chi connectivity index (χ0) is 15.5. The number of anilines is 1. The molecule has 3 rings (SSSR count). The van der Waals surface area contributed by atoms with Crippen LogP contribution in [0.4, 0.5) is 5.69 Å². The number of ether oxygens (including phenoxy) is 2. The van der Waals surface area contributed by atoms with E-state index in [0.29, 0.717) is 26.2 Å². The molecule has 120 valence electrons.